The zero-order chi connectivity index (χ0) is 36.9. The maximum absolute atomic E-state index is 12.2. The molecule has 1 aliphatic rings. The molecule has 275 valence electrons. The molecular weight excluding hydrogens is 823 g/mol. The van der Waals surface area contributed by atoms with E-state index in [0.717, 1.165) is 70.2 Å². The van der Waals surface area contributed by atoms with Crippen LogP contribution in [0.1, 0.15) is 118 Å². The molecule has 3 aromatic carbocycles. The predicted octanol–water partition coefficient (Wildman–Crippen LogP) is 13.3. The number of hydrogen-bond donors (Lipinski definition) is 1. The number of nitrogens with zero attached hydrogens (tertiary/aromatic N) is 1. The Balaban J connectivity index is 0.000000250. The monoisotopic (exact) mass is 875 g/mol. The van der Waals surface area contributed by atoms with E-state index in [9.17, 15) is 9.90 Å². The number of hydrogen-bond acceptors (Lipinski definition) is 5. The maximum atomic E-state index is 12.2. The van der Waals surface area contributed by atoms with Crippen LogP contribution < -0.4 is 0 Å². The Labute approximate surface area is 322 Å². The van der Waals surface area contributed by atoms with Crippen LogP contribution in [0.3, 0.4) is 0 Å². The molecule has 6 heteroatoms. The minimum Gasteiger partial charge on any atom is -0.512 e. The molecule has 0 bridgehead atoms. The average molecular weight is 875 g/mol. The van der Waals surface area contributed by atoms with Crippen molar-refractivity contribution in [2.45, 2.75) is 106 Å². The minimum atomic E-state index is -0.337. The van der Waals surface area contributed by atoms with Gasteiger partial charge in [0.05, 0.1) is 5.76 Å². The zero-order valence-corrected chi connectivity index (χ0v) is 34.7. The van der Waals surface area contributed by atoms with Crippen molar-refractivity contribution in [2.24, 2.45) is 10.8 Å². The fourth-order valence-electron chi connectivity index (χ4n) is 7.29. The normalized spacial score (nSPS) is 13.9. The van der Waals surface area contributed by atoms with E-state index in [1.807, 2.05) is 65.8 Å². The smallest absolute Gasteiger partial charge is 0.218 e. The molecule has 7 rings (SSSR count). The summed E-state index contributed by atoms with van der Waals surface area (Å²) in [5.41, 5.74) is 8.37. The Bertz CT molecular complexity index is 2280. The quantitative estimate of drug-likeness (QED) is 0.0889. The van der Waals surface area contributed by atoms with E-state index >= 15 is 0 Å². The molecule has 0 saturated heterocycles. The maximum Gasteiger partial charge on any atom is 0.218 e. The summed E-state index contributed by atoms with van der Waals surface area (Å²) in [6, 6.07) is 26.5. The van der Waals surface area contributed by atoms with Crippen molar-refractivity contribution in [3.05, 3.63) is 101 Å². The van der Waals surface area contributed by atoms with E-state index in [4.69, 9.17) is 13.8 Å². The summed E-state index contributed by atoms with van der Waals surface area (Å²) in [5.74, 6) is 1.69. The van der Waals surface area contributed by atoms with Gasteiger partial charge in [-0.05, 0) is 61.1 Å². The summed E-state index contributed by atoms with van der Waals surface area (Å²) in [4.78, 5) is 17.1. The first-order valence-corrected chi connectivity index (χ1v) is 18.6. The van der Waals surface area contributed by atoms with Crippen molar-refractivity contribution in [1.29, 1.82) is 0 Å². The Morgan fingerprint density at radius 3 is 2.17 bits per heavy atom. The van der Waals surface area contributed by atoms with Gasteiger partial charge < -0.3 is 13.9 Å². The van der Waals surface area contributed by atoms with Gasteiger partial charge in [-0.15, -0.1) is 29.3 Å². The average Bonchev–Trinajstić information content (AvgIpc) is 3.78. The van der Waals surface area contributed by atoms with E-state index in [1.165, 1.54) is 28.2 Å². The fourth-order valence-corrected chi connectivity index (χ4v) is 7.29. The first-order chi connectivity index (χ1) is 24.2. The number of furan rings is 2. The van der Waals surface area contributed by atoms with Gasteiger partial charge in [-0.25, -0.2) is 0 Å². The van der Waals surface area contributed by atoms with Gasteiger partial charge in [0.1, 0.15) is 16.9 Å². The number of aliphatic hydroxyl groups is 1. The summed E-state index contributed by atoms with van der Waals surface area (Å²) in [6.07, 6.45) is 4.75. The zero-order valence-electron chi connectivity index (χ0n) is 32.3. The molecule has 0 atom stereocenters. The van der Waals surface area contributed by atoms with Gasteiger partial charge in [-0.2, -0.15) is 0 Å². The summed E-state index contributed by atoms with van der Waals surface area (Å²) in [7, 11) is 0. The number of allylic oxidation sites excluding steroid dienone is 2. The first-order valence-electron chi connectivity index (χ1n) is 18.6. The second-order valence-corrected chi connectivity index (χ2v) is 15.6. The minimum absolute atomic E-state index is 0. The van der Waals surface area contributed by atoms with Crippen molar-refractivity contribution in [2.75, 3.05) is 0 Å². The van der Waals surface area contributed by atoms with Crippen molar-refractivity contribution in [1.82, 2.24) is 4.98 Å². The Morgan fingerprint density at radius 1 is 0.865 bits per heavy atom. The molecule has 6 aromatic rings. The SMILES string of the molecule is CC(C)c1ccc2oc3c(c2c1)C(C)(C)c1cc[c-]c(-c2ccc4c(n2)oc2ccccc24)c1-3.CCC(C)(CC)C(=O)/C=C(\O)C(C)(CC)CC.[Ir]. The van der Waals surface area contributed by atoms with E-state index in [2.05, 4.69) is 76.2 Å². The number of benzene rings is 3. The van der Waals surface area contributed by atoms with Crippen LogP contribution in [0.5, 0.6) is 0 Å². The molecule has 1 radical (unpaired) electrons. The molecule has 52 heavy (non-hydrogen) atoms. The van der Waals surface area contributed by atoms with Crippen LogP contribution in [-0.2, 0) is 30.3 Å². The second kappa shape index (κ2) is 14.8. The van der Waals surface area contributed by atoms with Gasteiger partial charge in [0.15, 0.2) is 5.78 Å². The second-order valence-electron chi connectivity index (χ2n) is 15.6. The van der Waals surface area contributed by atoms with Crippen molar-refractivity contribution < 1.29 is 38.8 Å². The molecule has 0 unspecified atom stereocenters. The third-order valence-corrected chi connectivity index (χ3v) is 12.0. The van der Waals surface area contributed by atoms with Crippen LogP contribution in [0, 0.1) is 16.9 Å². The topological polar surface area (TPSA) is 76.5 Å². The third kappa shape index (κ3) is 6.58. The van der Waals surface area contributed by atoms with E-state index < -0.39 is 0 Å². The van der Waals surface area contributed by atoms with Gasteiger partial charge in [0.25, 0.3) is 0 Å². The van der Waals surface area contributed by atoms with Crippen LogP contribution >= 0.6 is 0 Å². The number of aliphatic hydroxyl groups excluding tert-OH is 1. The van der Waals surface area contributed by atoms with Crippen LogP contribution in [0.25, 0.3) is 55.6 Å². The van der Waals surface area contributed by atoms with Crippen molar-refractivity contribution in [3.63, 3.8) is 0 Å². The van der Waals surface area contributed by atoms with Gasteiger partial charge in [-0.3, -0.25) is 9.78 Å². The number of ketones is 1. The molecule has 5 nitrogen and oxygen atoms in total. The van der Waals surface area contributed by atoms with E-state index in [0.29, 0.717) is 11.6 Å². The molecule has 1 aliphatic carbocycles. The van der Waals surface area contributed by atoms with Crippen LogP contribution in [0.15, 0.2) is 87.4 Å². The van der Waals surface area contributed by atoms with Gasteiger partial charge in [0, 0.05) is 64.1 Å². The number of rotatable bonds is 9. The van der Waals surface area contributed by atoms with Gasteiger partial charge in [-0.1, -0.05) is 111 Å². The number of para-hydroxylation sites is 1. The summed E-state index contributed by atoms with van der Waals surface area (Å²) in [6.45, 7) is 21.1. The molecule has 0 saturated carbocycles. The summed E-state index contributed by atoms with van der Waals surface area (Å²) in [5, 5.41) is 13.4. The number of carbonyl (C=O) groups excluding carboxylic acids is 1. The molecular formula is C46H52IrNO4-. The Kier molecular flexibility index (Phi) is 11.2. The summed E-state index contributed by atoms with van der Waals surface area (Å²) >= 11 is 0. The molecule has 1 N–H and O–H groups in total. The molecule has 0 aliphatic heterocycles. The van der Waals surface area contributed by atoms with E-state index in [1.54, 1.807) is 0 Å². The van der Waals surface area contributed by atoms with Crippen molar-refractivity contribution >= 4 is 38.8 Å². The Morgan fingerprint density at radius 2 is 1.52 bits per heavy atom. The number of fused-ring (bicyclic) bond motifs is 8. The molecule has 0 amide bonds. The number of carbonyl (C=O) groups is 1. The first kappa shape index (κ1) is 39.2. The molecule has 3 aromatic heterocycles. The van der Waals surface area contributed by atoms with Crippen LogP contribution in [0.2, 0.25) is 0 Å². The number of pyridine rings is 1. The molecule has 0 fully saturated rings. The van der Waals surface area contributed by atoms with Crippen LogP contribution in [0.4, 0.5) is 0 Å². The largest absolute Gasteiger partial charge is 0.512 e. The van der Waals surface area contributed by atoms with E-state index in [-0.39, 0.29) is 47.9 Å². The predicted molar refractivity (Wildman–Crippen MR) is 210 cm³/mol. The molecule has 3 heterocycles. The molecule has 0 spiro atoms. The fraction of sp³-hybridized carbons (Fsp3) is 0.391. The third-order valence-electron chi connectivity index (χ3n) is 12.0. The van der Waals surface area contributed by atoms with Crippen molar-refractivity contribution in [3.8, 4) is 22.6 Å². The Hall–Kier alpha value is -3.99. The standard InChI is InChI=1S/C31H24NO2.C15H28O2.Ir/c1-17(2)18-12-15-26-22(16-18)28-29(33-26)27-21(9-7-10-23(27)31(28,3)4)24-14-13-20-19-8-5-6-11-25(19)34-30(20)32-24;1-7-14(5,8-2)12(16)11-13(17)15(6,9-3)10-4;/h5-8,10-17H,1-4H3;11,16H,7-10H2,1-6H3;/q-1;;/b;12-11-;. The summed E-state index contributed by atoms with van der Waals surface area (Å²) < 4.78 is 12.6. The van der Waals surface area contributed by atoms with Crippen LogP contribution in [-0.4, -0.2) is 15.9 Å². The van der Waals surface area contributed by atoms with Gasteiger partial charge in [0.2, 0.25) is 5.71 Å². The number of aromatic nitrogens is 1. The van der Waals surface area contributed by atoms with Gasteiger partial charge >= 0.3 is 0 Å².